The van der Waals surface area contributed by atoms with E-state index in [4.69, 9.17) is 4.74 Å². The summed E-state index contributed by atoms with van der Waals surface area (Å²) in [6.07, 6.45) is 2.88. The summed E-state index contributed by atoms with van der Waals surface area (Å²) in [5, 5.41) is 9.07. The number of ether oxygens (including phenoxy) is 1. The molecule has 0 radical (unpaired) electrons. The van der Waals surface area contributed by atoms with Crippen LogP contribution in [0.1, 0.15) is 19.8 Å². The number of carbonyl (C=O) groups is 1. The number of amides is 1. The summed E-state index contributed by atoms with van der Waals surface area (Å²) in [4.78, 5) is 11.3. The van der Waals surface area contributed by atoms with Crippen LogP contribution in [0.15, 0.2) is 12.3 Å². The molecule has 14 heavy (non-hydrogen) atoms. The lowest BCUT2D eigenvalue weighted by atomic mass is 10.2. The van der Waals surface area contributed by atoms with Gasteiger partial charge in [-0.15, -0.1) is 0 Å². The Morgan fingerprint density at radius 2 is 2.57 bits per heavy atom. The molecule has 0 spiro atoms. The van der Waals surface area contributed by atoms with Crippen LogP contribution in [0.3, 0.4) is 0 Å². The highest BCUT2D eigenvalue weighted by Gasteiger charge is 2.06. The Labute approximate surface area is 82.8 Å². The maximum absolute atomic E-state index is 11.3. The van der Waals surface area contributed by atoms with Crippen molar-refractivity contribution >= 4 is 11.7 Å². The average molecular weight is 197 g/mol. The predicted molar refractivity (Wildman–Crippen MR) is 52.9 cm³/mol. The minimum Gasteiger partial charge on any atom is -0.382 e. The van der Waals surface area contributed by atoms with Gasteiger partial charge in [-0.3, -0.25) is 9.89 Å². The molecule has 1 aromatic heterocycles. The molecule has 0 aliphatic heterocycles. The number of aromatic amines is 1. The van der Waals surface area contributed by atoms with E-state index in [0.29, 0.717) is 12.2 Å². The lowest BCUT2D eigenvalue weighted by Crippen LogP contribution is -2.15. The van der Waals surface area contributed by atoms with Crippen LogP contribution in [0.4, 0.5) is 5.82 Å². The first kappa shape index (κ1) is 10.7. The second-order valence-electron chi connectivity index (χ2n) is 3.10. The molecular formula is C9H15N3O2. The van der Waals surface area contributed by atoms with Gasteiger partial charge in [0, 0.05) is 19.6 Å². The van der Waals surface area contributed by atoms with E-state index in [1.54, 1.807) is 19.4 Å². The Kier molecular flexibility index (Phi) is 4.12. The summed E-state index contributed by atoms with van der Waals surface area (Å²) in [5.41, 5.74) is 0. The number of hydrogen-bond acceptors (Lipinski definition) is 3. The summed E-state index contributed by atoms with van der Waals surface area (Å²) in [6.45, 7) is 1.93. The molecule has 0 aliphatic rings. The van der Waals surface area contributed by atoms with Gasteiger partial charge in [-0.05, 0) is 13.3 Å². The van der Waals surface area contributed by atoms with Gasteiger partial charge in [-0.1, -0.05) is 0 Å². The van der Waals surface area contributed by atoms with Crippen LogP contribution in [-0.4, -0.2) is 29.3 Å². The fourth-order valence-corrected chi connectivity index (χ4v) is 0.990. The molecule has 1 rings (SSSR count). The number of aromatic nitrogens is 2. The Morgan fingerprint density at radius 1 is 1.79 bits per heavy atom. The maximum atomic E-state index is 11.3. The quantitative estimate of drug-likeness (QED) is 0.744. The van der Waals surface area contributed by atoms with Crippen molar-refractivity contribution in [1.82, 2.24) is 10.2 Å². The van der Waals surface area contributed by atoms with Gasteiger partial charge in [0.1, 0.15) is 5.82 Å². The van der Waals surface area contributed by atoms with E-state index in [2.05, 4.69) is 15.5 Å². The summed E-state index contributed by atoms with van der Waals surface area (Å²) < 4.78 is 5.04. The van der Waals surface area contributed by atoms with E-state index in [9.17, 15) is 4.79 Å². The second-order valence-corrected chi connectivity index (χ2v) is 3.10. The van der Waals surface area contributed by atoms with Gasteiger partial charge in [-0.25, -0.2) is 0 Å². The molecule has 1 heterocycles. The fourth-order valence-electron chi connectivity index (χ4n) is 0.990. The highest BCUT2D eigenvalue weighted by atomic mass is 16.5. The minimum absolute atomic E-state index is 0.0295. The van der Waals surface area contributed by atoms with Crippen LogP contribution >= 0.6 is 0 Å². The largest absolute Gasteiger partial charge is 0.382 e. The Bertz CT molecular complexity index is 272. The first-order valence-corrected chi connectivity index (χ1v) is 4.54. The molecule has 2 N–H and O–H groups in total. The molecule has 1 aromatic rings. The normalized spacial score (nSPS) is 12.4. The summed E-state index contributed by atoms with van der Waals surface area (Å²) >= 11 is 0. The first-order chi connectivity index (χ1) is 6.72. The highest BCUT2D eigenvalue weighted by Crippen LogP contribution is 2.03. The van der Waals surface area contributed by atoms with Crippen LogP contribution < -0.4 is 5.32 Å². The van der Waals surface area contributed by atoms with Crippen LogP contribution in [0, 0.1) is 0 Å². The van der Waals surface area contributed by atoms with E-state index in [1.165, 1.54) is 0 Å². The van der Waals surface area contributed by atoms with Gasteiger partial charge < -0.3 is 10.1 Å². The molecule has 1 atom stereocenters. The highest BCUT2D eigenvalue weighted by molar-refractivity contribution is 5.89. The van der Waals surface area contributed by atoms with Crippen molar-refractivity contribution in [2.45, 2.75) is 25.9 Å². The van der Waals surface area contributed by atoms with Crippen LogP contribution in [0.25, 0.3) is 0 Å². The Hall–Kier alpha value is -1.36. The molecule has 0 aromatic carbocycles. The number of methoxy groups -OCH3 is 1. The molecule has 1 amide bonds. The number of nitrogens with zero attached hydrogens (tertiary/aromatic N) is 1. The molecule has 78 valence electrons. The Morgan fingerprint density at radius 3 is 3.14 bits per heavy atom. The molecule has 5 nitrogen and oxygen atoms in total. The van der Waals surface area contributed by atoms with Gasteiger partial charge in [0.15, 0.2) is 0 Å². The zero-order valence-electron chi connectivity index (χ0n) is 8.41. The van der Waals surface area contributed by atoms with Crippen molar-refractivity contribution in [3.05, 3.63) is 12.3 Å². The van der Waals surface area contributed by atoms with Gasteiger partial charge in [0.05, 0.1) is 12.3 Å². The van der Waals surface area contributed by atoms with Crippen LogP contribution in [-0.2, 0) is 9.53 Å². The van der Waals surface area contributed by atoms with Crippen molar-refractivity contribution in [3.63, 3.8) is 0 Å². The number of rotatable bonds is 5. The topological polar surface area (TPSA) is 67.0 Å². The molecular weight excluding hydrogens is 182 g/mol. The third-order valence-electron chi connectivity index (χ3n) is 1.96. The second kappa shape index (κ2) is 5.39. The zero-order chi connectivity index (χ0) is 10.4. The van der Waals surface area contributed by atoms with Crippen molar-refractivity contribution in [1.29, 1.82) is 0 Å². The van der Waals surface area contributed by atoms with Crippen molar-refractivity contribution in [3.8, 4) is 0 Å². The summed E-state index contributed by atoms with van der Waals surface area (Å²) in [7, 11) is 1.64. The smallest absolute Gasteiger partial charge is 0.225 e. The molecule has 0 saturated heterocycles. The number of carbonyl (C=O) groups excluding carboxylic acids is 1. The monoisotopic (exact) mass is 197 g/mol. The van der Waals surface area contributed by atoms with E-state index in [0.717, 1.165) is 6.42 Å². The van der Waals surface area contributed by atoms with Crippen molar-refractivity contribution < 1.29 is 9.53 Å². The van der Waals surface area contributed by atoms with Gasteiger partial charge >= 0.3 is 0 Å². The van der Waals surface area contributed by atoms with Gasteiger partial charge in [-0.2, -0.15) is 5.10 Å². The summed E-state index contributed by atoms with van der Waals surface area (Å²) in [6, 6.07) is 1.71. The fraction of sp³-hybridized carbons (Fsp3) is 0.556. The average Bonchev–Trinajstić information content (AvgIpc) is 2.66. The third-order valence-corrected chi connectivity index (χ3v) is 1.96. The number of nitrogens with one attached hydrogen (secondary N) is 2. The molecule has 0 fully saturated rings. The molecule has 0 aliphatic carbocycles. The maximum Gasteiger partial charge on any atom is 0.225 e. The zero-order valence-corrected chi connectivity index (χ0v) is 8.41. The number of H-pyrrole nitrogens is 1. The summed E-state index contributed by atoms with van der Waals surface area (Å²) in [5.74, 6) is 0.596. The van der Waals surface area contributed by atoms with Crippen molar-refractivity contribution in [2.24, 2.45) is 0 Å². The number of hydrogen-bond donors (Lipinski definition) is 2. The molecule has 5 heteroatoms. The van der Waals surface area contributed by atoms with Crippen molar-refractivity contribution in [2.75, 3.05) is 12.4 Å². The first-order valence-electron chi connectivity index (χ1n) is 4.54. The molecule has 0 bridgehead atoms. The number of anilines is 1. The van der Waals surface area contributed by atoms with E-state index in [-0.39, 0.29) is 12.0 Å². The predicted octanol–water partition coefficient (Wildman–Crippen LogP) is 1.16. The molecule has 0 saturated carbocycles. The lowest BCUT2D eigenvalue weighted by Gasteiger charge is -2.08. The Balaban J connectivity index is 2.23. The van der Waals surface area contributed by atoms with Crippen LogP contribution in [0.5, 0.6) is 0 Å². The van der Waals surface area contributed by atoms with Crippen LogP contribution in [0.2, 0.25) is 0 Å². The standard InChI is InChI=1S/C9H15N3O2/c1-7(14-2)3-4-9(13)11-8-5-6-10-12-8/h5-7H,3-4H2,1-2H3,(H2,10,11,12,13). The van der Waals surface area contributed by atoms with E-state index >= 15 is 0 Å². The third kappa shape index (κ3) is 3.57. The van der Waals surface area contributed by atoms with E-state index < -0.39 is 0 Å². The minimum atomic E-state index is -0.0295. The molecule has 1 unspecified atom stereocenters. The van der Waals surface area contributed by atoms with E-state index in [1.807, 2.05) is 6.92 Å². The SMILES string of the molecule is COC(C)CCC(=O)Nc1ccn[nH]1. The lowest BCUT2D eigenvalue weighted by molar-refractivity contribution is -0.116. The van der Waals surface area contributed by atoms with Gasteiger partial charge in [0.25, 0.3) is 0 Å². The van der Waals surface area contributed by atoms with Gasteiger partial charge in [0.2, 0.25) is 5.91 Å².